The molecule has 4 heterocycles. The normalized spacial score (nSPS) is 15.6. The lowest BCUT2D eigenvalue weighted by molar-refractivity contribution is 0.810. The zero-order valence-corrected chi connectivity index (χ0v) is 22.0. The van der Waals surface area contributed by atoms with E-state index in [0.717, 1.165) is 51.2 Å². The number of aryl methyl sites for hydroxylation is 3. The van der Waals surface area contributed by atoms with Gasteiger partial charge in [-0.1, -0.05) is 48.0 Å². The van der Waals surface area contributed by atoms with Crippen LogP contribution in [0.3, 0.4) is 0 Å². The van der Waals surface area contributed by atoms with E-state index in [2.05, 4.69) is 90.6 Å². The molecule has 39 heavy (non-hydrogen) atoms. The summed E-state index contributed by atoms with van der Waals surface area (Å²) >= 11 is 0. The Kier molecular flexibility index (Phi) is 5.37. The number of anilines is 2. The summed E-state index contributed by atoms with van der Waals surface area (Å²) in [6.07, 6.45) is 3.74. The SMILES string of the molecule is Cc1ccc(-n2nc(C)c3c2N=C2C(Nc4cccc(C)c4)=Nc4ccccc4N2C3c2cccnc2)cc1. The monoisotopic (exact) mass is 509 g/mol. The van der Waals surface area contributed by atoms with Crippen LogP contribution in [0, 0.1) is 20.8 Å². The third-order valence-corrected chi connectivity index (χ3v) is 7.20. The van der Waals surface area contributed by atoms with Crippen LogP contribution in [0.25, 0.3) is 5.69 Å². The molecule has 7 nitrogen and oxygen atoms in total. The van der Waals surface area contributed by atoms with Crippen molar-refractivity contribution in [3.05, 3.63) is 125 Å². The van der Waals surface area contributed by atoms with E-state index in [4.69, 9.17) is 15.1 Å². The van der Waals surface area contributed by atoms with Crippen molar-refractivity contribution in [1.82, 2.24) is 14.8 Å². The second-order valence-electron chi connectivity index (χ2n) is 10.0. The smallest absolute Gasteiger partial charge is 0.179 e. The molecule has 7 rings (SSSR count). The van der Waals surface area contributed by atoms with Crippen molar-refractivity contribution in [2.75, 3.05) is 10.2 Å². The van der Waals surface area contributed by atoms with Gasteiger partial charge in [-0.15, -0.1) is 0 Å². The predicted molar refractivity (Wildman–Crippen MR) is 157 cm³/mol. The maximum atomic E-state index is 5.29. The molecule has 0 amide bonds. The van der Waals surface area contributed by atoms with E-state index < -0.39 is 0 Å². The largest absolute Gasteiger partial charge is 0.337 e. The highest BCUT2D eigenvalue weighted by Gasteiger charge is 2.41. The predicted octanol–water partition coefficient (Wildman–Crippen LogP) is 6.99. The molecule has 0 aliphatic carbocycles. The third-order valence-electron chi connectivity index (χ3n) is 7.20. The Labute approximate surface area is 227 Å². The van der Waals surface area contributed by atoms with Gasteiger partial charge in [-0.3, -0.25) is 4.98 Å². The minimum Gasteiger partial charge on any atom is -0.337 e. The lowest BCUT2D eigenvalue weighted by Gasteiger charge is -2.40. The average molecular weight is 510 g/mol. The standard InChI is InChI=1S/C32H27N7/c1-20-13-15-25(16-14-20)39-31-28(22(3)37-39)29(23-9-7-17-33-19-23)38-27-12-5-4-11-26(27)35-30(32(38)36-31)34-24-10-6-8-21(2)18-24/h4-19,29H,1-3H3,(H,34,35). The van der Waals surface area contributed by atoms with Crippen molar-refractivity contribution in [1.29, 1.82) is 0 Å². The number of fused-ring (bicyclic) bond motifs is 4. The van der Waals surface area contributed by atoms with Crippen LogP contribution >= 0.6 is 0 Å². The fraction of sp³-hybridized carbons (Fsp3) is 0.125. The molecule has 0 fully saturated rings. The Morgan fingerprint density at radius 3 is 2.44 bits per heavy atom. The molecule has 0 spiro atoms. The molecular weight excluding hydrogens is 482 g/mol. The van der Waals surface area contributed by atoms with Crippen molar-refractivity contribution < 1.29 is 0 Å². The van der Waals surface area contributed by atoms with Crippen LogP contribution < -0.4 is 10.2 Å². The molecule has 0 saturated carbocycles. The number of para-hydroxylation sites is 2. The van der Waals surface area contributed by atoms with Crippen LogP contribution in [0.15, 0.2) is 107 Å². The van der Waals surface area contributed by atoms with E-state index in [1.54, 1.807) is 6.20 Å². The molecule has 5 aromatic rings. The van der Waals surface area contributed by atoms with Gasteiger partial charge in [0, 0.05) is 23.6 Å². The Hall–Kier alpha value is -5.04. The minimum atomic E-state index is -0.189. The van der Waals surface area contributed by atoms with Gasteiger partial charge >= 0.3 is 0 Å². The van der Waals surface area contributed by atoms with Crippen LogP contribution in [0.1, 0.15) is 34.0 Å². The number of aromatic nitrogens is 3. The van der Waals surface area contributed by atoms with Crippen molar-refractivity contribution in [2.45, 2.75) is 26.8 Å². The number of nitrogens with one attached hydrogen (secondary N) is 1. The summed E-state index contributed by atoms with van der Waals surface area (Å²) in [4.78, 5) is 17.1. The van der Waals surface area contributed by atoms with E-state index in [1.165, 1.54) is 11.1 Å². The first kappa shape index (κ1) is 23.1. The molecule has 1 N–H and O–H groups in total. The number of nitrogens with zero attached hydrogens (tertiary/aromatic N) is 6. The highest BCUT2D eigenvalue weighted by Crippen LogP contribution is 2.48. The van der Waals surface area contributed by atoms with E-state index in [1.807, 2.05) is 41.2 Å². The summed E-state index contributed by atoms with van der Waals surface area (Å²) in [6, 6.07) is 28.8. The average Bonchev–Trinajstić information content (AvgIpc) is 3.29. The summed E-state index contributed by atoms with van der Waals surface area (Å²) in [7, 11) is 0. The molecule has 0 radical (unpaired) electrons. The summed E-state index contributed by atoms with van der Waals surface area (Å²) in [5, 5.41) is 8.58. The first-order valence-corrected chi connectivity index (χ1v) is 13.0. The van der Waals surface area contributed by atoms with Gasteiger partial charge in [0.05, 0.1) is 28.8 Å². The fourth-order valence-electron chi connectivity index (χ4n) is 5.38. The lowest BCUT2D eigenvalue weighted by atomic mass is 9.94. The zero-order valence-electron chi connectivity index (χ0n) is 22.0. The van der Waals surface area contributed by atoms with E-state index in [0.29, 0.717) is 5.84 Å². The molecule has 1 atom stereocenters. The van der Waals surface area contributed by atoms with Gasteiger partial charge in [0.1, 0.15) is 0 Å². The maximum absolute atomic E-state index is 5.29. The molecule has 3 aromatic carbocycles. The number of hydrogen-bond donors (Lipinski definition) is 1. The molecule has 1 unspecified atom stereocenters. The molecule has 190 valence electrons. The number of benzene rings is 3. The number of aliphatic imine (C=N–C) groups is 2. The van der Waals surface area contributed by atoms with Crippen LogP contribution in [0.5, 0.6) is 0 Å². The number of amidine groups is 2. The highest BCUT2D eigenvalue weighted by atomic mass is 15.4. The maximum Gasteiger partial charge on any atom is 0.179 e. The van der Waals surface area contributed by atoms with Crippen molar-refractivity contribution >= 4 is 34.6 Å². The minimum absolute atomic E-state index is 0.189. The Bertz CT molecular complexity index is 1760. The topological polar surface area (TPSA) is 70.7 Å². The van der Waals surface area contributed by atoms with Gasteiger partial charge in [0.2, 0.25) is 0 Å². The van der Waals surface area contributed by atoms with Crippen LogP contribution in [-0.4, -0.2) is 26.4 Å². The number of hydrogen-bond acceptors (Lipinski definition) is 6. The summed E-state index contributed by atoms with van der Waals surface area (Å²) in [5.41, 5.74) is 9.21. The van der Waals surface area contributed by atoms with Gasteiger partial charge in [0.25, 0.3) is 0 Å². The Morgan fingerprint density at radius 2 is 1.64 bits per heavy atom. The van der Waals surface area contributed by atoms with E-state index in [-0.39, 0.29) is 6.04 Å². The fourth-order valence-corrected chi connectivity index (χ4v) is 5.38. The highest BCUT2D eigenvalue weighted by molar-refractivity contribution is 6.51. The molecular formula is C32H27N7. The second kappa shape index (κ2) is 9.06. The summed E-state index contributed by atoms with van der Waals surface area (Å²) in [6.45, 7) is 6.23. The van der Waals surface area contributed by atoms with E-state index >= 15 is 0 Å². The number of rotatable bonds is 3. The first-order valence-electron chi connectivity index (χ1n) is 13.0. The van der Waals surface area contributed by atoms with Gasteiger partial charge < -0.3 is 10.2 Å². The summed E-state index contributed by atoms with van der Waals surface area (Å²) in [5.74, 6) is 2.23. The first-order chi connectivity index (χ1) is 19.1. The van der Waals surface area contributed by atoms with Crippen molar-refractivity contribution in [2.24, 2.45) is 9.98 Å². The zero-order chi connectivity index (χ0) is 26.5. The molecule has 2 aliphatic heterocycles. The molecule has 0 bridgehead atoms. The van der Waals surface area contributed by atoms with Gasteiger partial charge in [-0.05, 0) is 74.4 Å². The summed E-state index contributed by atoms with van der Waals surface area (Å²) < 4.78 is 1.95. The van der Waals surface area contributed by atoms with Gasteiger partial charge in [0.15, 0.2) is 17.5 Å². The quantitative estimate of drug-likeness (QED) is 0.285. The van der Waals surface area contributed by atoms with Crippen LogP contribution in [0.4, 0.5) is 22.9 Å². The third kappa shape index (κ3) is 3.90. The van der Waals surface area contributed by atoms with E-state index in [9.17, 15) is 0 Å². The van der Waals surface area contributed by atoms with Crippen molar-refractivity contribution in [3.8, 4) is 5.69 Å². The molecule has 2 aromatic heterocycles. The molecule has 7 heteroatoms. The van der Waals surface area contributed by atoms with Gasteiger partial charge in [-0.2, -0.15) is 5.10 Å². The second-order valence-corrected chi connectivity index (χ2v) is 10.0. The number of pyridine rings is 1. The molecule has 2 aliphatic rings. The van der Waals surface area contributed by atoms with Crippen LogP contribution in [0.2, 0.25) is 0 Å². The lowest BCUT2D eigenvalue weighted by Crippen LogP contribution is -2.46. The Morgan fingerprint density at radius 1 is 0.795 bits per heavy atom. The Balaban J connectivity index is 1.49. The van der Waals surface area contributed by atoms with Crippen LogP contribution in [-0.2, 0) is 0 Å². The van der Waals surface area contributed by atoms with Crippen molar-refractivity contribution in [3.63, 3.8) is 0 Å². The molecule has 0 saturated heterocycles. The van der Waals surface area contributed by atoms with Gasteiger partial charge in [-0.25, -0.2) is 14.7 Å².